The molecule has 0 unspecified atom stereocenters. The minimum absolute atomic E-state index is 0. The summed E-state index contributed by atoms with van der Waals surface area (Å²) in [4.78, 5) is 4.33. The Hall–Kier alpha value is -1.71. The molecule has 4 nitrogen and oxygen atoms in total. The molecule has 0 spiro atoms. The van der Waals surface area contributed by atoms with Crippen molar-refractivity contribution in [3.05, 3.63) is 47.8 Å². The average Bonchev–Trinajstić information content (AvgIpc) is 2.52. The maximum atomic E-state index is 4.35. The van der Waals surface area contributed by atoms with Gasteiger partial charge >= 0.3 is 5.70 Å². The number of aryl methyl sites for hydroxylation is 1. The van der Waals surface area contributed by atoms with Crippen LogP contribution >= 0.6 is 0 Å². The molecule has 0 saturated carbocycles. The summed E-state index contributed by atoms with van der Waals surface area (Å²) in [6.45, 7) is 6.23. The molecule has 0 bridgehead atoms. The summed E-state index contributed by atoms with van der Waals surface area (Å²) >= 11 is 0. The van der Waals surface area contributed by atoms with Crippen LogP contribution in [0.3, 0.4) is 0 Å². The fourth-order valence-corrected chi connectivity index (χ4v) is 2.20. The number of allylic oxidation sites excluding steroid dienone is 1. The molecule has 124 valence electrons. The van der Waals surface area contributed by atoms with E-state index in [2.05, 4.69) is 58.2 Å². The molecule has 0 fully saturated rings. The van der Waals surface area contributed by atoms with E-state index in [9.17, 15) is 0 Å². The summed E-state index contributed by atoms with van der Waals surface area (Å²) in [6, 6.07) is 6.19. The largest absolute Gasteiger partial charge is 1.00 e. The highest BCUT2D eigenvalue weighted by Crippen LogP contribution is 2.25. The molecule has 0 amide bonds. The SMILES string of the molecule is CCCCN1C=[C+]C(N=Nc2ccc(N(C)C)cc2C)=CC1.[Br-]. The van der Waals surface area contributed by atoms with Crippen molar-refractivity contribution in [1.82, 2.24) is 4.90 Å². The molecule has 1 heterocycles. The lowest BCUT2D eigenvalue weighted by Crippen LogP contribution is -3.00. The molecular weight excluding hydrogens is 352 g/mol. The number of benzene rings is 1. The lowest BCUT2D eigenvalue weighted by Gasteiger charge is -2.14. The zero-order valence-electron chi connectivity index (χ0n) is 14.4. The van der Waals surface area contributed by atoms with Gasteiger partial charge in [0.25, 0.3) is 0 Å². The van der Waals surface area contributed by atoms with Gasteiger partial charge in [-0.3, -0.25) is 0 Å². The van der Waals surface area contributed by atoms with E-state index in [-0.39, 0.29) is 17.0 Å². The molecule has 0 N–H and O–H groups in total. The second-order valence-corrected chi connectivity index (χ2v) is 5.78. The molecule has 1 aliphatic heterocycles. The number of azo groups is 1. The first-order chi connectivity index (χ1) is 10.6. The van der Waals surface area contributed by atoms with Gasteiger partial charge in [-0.05, 0) is 37.1 Å². The molecule has 23 heavy (non-hydrogen) atoms. The molecule has 2 rings (SSSR count). The molecule has 0 saturated heterocycles. The molecule has 0 aliphatic carbocycles. The summed E-state index contributed by atoms with van der Waals surface area (Å²) < 4.78 is 0. The maximum absolute atomic E-state index is 4.35. The third kappa shape index (κ3) is 5.77. The van der Waals surface area contributed by atoms with Crippen molar-refractivity contribution >= 4 is 11.4 Å². The lowest BCUT2D eigenvalue weighted by molar-refractivity contribution is -0.00000478. The van der Waals surface area contributed by atoms with Gasteiger partial charge in [-0.25, -0.2) is 0 Å². The predicted octanol–water partition coefficient (Wildman–Crippen LogP) is 1.47. The van der Waals surface area contributed by atoms with E-state index in [1.807, 2.05) is 26.4 Å². The van der Waals surface area contributed by atoms with Crippen molar-refractivity contribution in [2.24, 2.45) is 10.2 Å². The van der Waals surface area contributed by atoms with Crippen molar-refractivity contribution < 1.29 is 17.0 Å². The van der Waals surface area contributed by atoms with Crippen molar-refractivity contribution in [1.29, 1.82) is 0 Å². The van der Waals surface area contributed by atoms with Gasteiger partial charge in [0.15, 0.2) is 6.20 Å². The zero-order chi connectivity index (χ0) is 15.9. The first-order valence-corrected chi connectivity index (χ1v) is 7.84. The third-order valence-electron chi connectivity index (χ3n) is 3.68. The highest BCUT2D eigenvalue weighted by molar-refractivity contribution is 5.56. The second-order valence-electron chi connectivity index (χ2n) is 5.78. The topological polar surface area (TPSA) is 31.2 Å². The summed E-state index contributed by atoms with van der Waals surface area (Å²) in [7, 11) is 4.07. The molecule has 5 heteroatoms. The minimum atomic E-state index is 0. The van der Waals surface area contributed by atoms with Crippen LogP contribution in [0.5, 0.6) is 0 Å². The monoisotopic (exact) mass is 376 g/mol. The fourth-order valence-electron chi connectivity index (χ4n) is 2.20. The van der Waals surface area contributed by atoms with E-state index >= 15 is 0 Å². The van der Waals surface area contributed by atoms with E-state index in [0.717, 1.165) is 30.0 Å². The van der Waals surface area contributed by atoms with Gasteiger partial charge in [0.05, 0.1) is 11.8 Å². The number of hydrogen-bond acceptors (Lipinski definition) is 4. The number of anilines is 1. The Bertz CT molecular complexity index is 591. The van der Waals surface area contributed by atoms with Crippen LogP contribution < -0.4 is 21.9 Å². The van der Waals surface area contributed by atoms with Gasteiger partial charge in [0, 0.05) is 26.3 Å². The van der Waals surface area contributed by atoms with Gasteiger partial charge < -0.3 is 26.8 Å². The van der Waals surface area contributed by atoms with Gasteiger partial charge in [-0.15, -0.1) is 5.11 Å². The highest BCUT2D eigenvalue weighted by Gasteiger charge is 2.13. The molecule has 0 atom stereocenters. The van der Waals surface area contributed by atoms with Crippen LogP contribution in [-0.2, 0) is 0 Å². The Kier molecular flexibility index (Phi) is 7.93. The highest BCUT2D eigenvalue weighted by atomic mass is 79.9. The van der Waals surface area contributed by atoms with Crippen LogP contribution in [0.1, 0.15) is 25.3 Å². The molecule has 0 aromatic heterocycles. The second kappa shape index (κ2) is 9.43. The Balaban J connectivity index is 0.00000264. The smallest absolute Gasteiger partial charge is 0.304 e. The summed E-state index contributed by atoms with van der Waals surface area (Å²) in [6.07, 6.45) is 9.67. The summed E-state index contributed by atoms with van der Waals surface area (Å²) in [5.41, 5.74) is 4.01. The number of unbranched alkanes of at least 4 members (excludes halogenated alkanes) is 1. The van der Waals surface area contributed by atoms with E-state index in [0.29, 0.717) is 0 Å². The standard InChI is InChI=1S/C18H25N4.BrH/c1-5-6-11-22-12-9-16(10-13-22)19-20-18-8-7-17(21(3)4)14-15(18)2;/h7-9,13-14H,5-6,11-12H2,1-4H3;1H/q+1;/p-1. The van der Waals surface area contributed by atoms with Crippen molar-refractivity contribution in [3.8, 4) is 0 Å². The zero-order valence-corrected chi connectivity index (χ0v) is 16.0. The number of hydrogen-bond donors (Lipinski definition) is 0. The van der Waals surface area contributed by atoms with Crippen molar-refractivity contribution in [2.75, 3.05) is 32.1 Å². The first kappa shape index (κ1) is 19.3. The Morgan fingerprint density at radius 2 is 2.04 bits per heavy atom. The van der Waals surface area contributed by atoms with Gasteiger partial charge in [-0.2, -0.15) is 0 Å². The molecule has 0 radical (unpaired) electrons. The molecule has 1 aromatic rings. The van der Waals surface area contributed by atoms with Crippen LogP contribution in [0.25, 0.3) is 0 Å². The normalized spacial score (nSPS) is 13.6. The van der Waals surface area contributed by atoms with E-state index < -0.39 is 0 Å². The number of nitrogens with zero attached hydrogens (tertiary/aromatic N) is 4. The van der Waals surface area contributed by atoms with Crippen LogP contribution in [0.4, 0.5) is 11.4 Å². The minimum Gasteiger partial charge on any atom is -1.00 e. The van der Waals surface area contributed by atoms with E-state index in [4.69, 9.17) is 0 Å². The van der Waals surface area contributed by atoms with Crippen molar-refractivity contribution in [3.63, 3.8) is 0 Å². The Labute approximate surface area is 150 Å². The van der Waals surface area contributed by atoms with Gasteiger partial charge in [0.2, 0.25) is 0 Å². The van der Waals surface area contributed by atoms with Crippen LogP contribution in [-0.4, -0.2) is 32.1 Å². The summed E-state index contributed by atoms with van der Waals surface area (Å²) in [5.74, 6) is 0. The molecule has 1 aromatic carbocycles. The number of rotatable bonds is 6. The lowest BCUT2D eigenvalue weighted by atomic mass is 10.2. The Morgan fingerprint density at radius 1 is 1.26 bits per heavy atom. The fraction of sp³-hybridized carbons (Fsp3) is 0.444. The predicted molar refractivity (Wildman–Crippen MR) is 92.4 cm³/mol. The van der Waals surface area contributed by atoms with E-state index in [1.165, 1.54) is 18.5 Å². The first-order valence-electron chi connectivity index (χ1n) is 7.84. The van der Waals surface area contributed by atoms with Gasteiger partial charge in [0.1, 0.15) is 12.6 Å². The molecular formula is C18H25BrN4. The summed E-state index contributed by atoms with van der Waals surface area (Å²) in [5, 5.41) is 8.66. The van der Waals surface area contributed by atoms with Crippen LogP contribution in [0.15, 0.2) is 46.4 Å². The third-order valence-corrected chi connectivity index (χ3v) is 3.68. The van der Waals surface area contributed by atoms with Crippen LogP contribution in [0, 0.1) is 13.0 Å². The van der Waals surface area contributed by atoms with Crippen molar-refractivity contribution in [2.45, 2.75) is 26.7 Å². The molecule has 1 aliphatic rings. The maximum Gasteiger partial charge on any atom is 0.304 e. The number of halogens is 1. The van der Waals surface area contributed by atoms with Gasteiger partial charge in [-0.1, -0.05) is 18.5 Å². The van der Waals surface area contributed by atoms with E-state index in [1.54, 1.807) is 0 Å². The van der Waals surface area contributed by atoms with Crippen LogP contribution in [0.2, 0.25) is 0 Å². The Morgan fingerprint density at radius 3 is 2.61 bits per heavy atom. The average molecular weight is 377 g/mol. The quantitative estimate of drug-likeness (QED) is 0.555.